The van der Waals surface area contributed by atoms with Crippen molar-refractivity contribution in [2.45, 2.75) is 51.1 Å². The molecule has 3 nitrogen and oxygen atoms in total. The van der Waals surface area contributed by atoms with Crippen molar-refractivity contribution in [2.75, 3.05) is 18.5 Å². The Morgan fingerprint density at radius 3 is 3.00 bits per heavy atom. The van der Waals surface area contributed by atoms with Gasteiger partial charge >= 0.3 is 0 Å². The summed E-state index contributed by atoms with van der Waals surface area (Å²) in [6.07, 6.45) is 10.3. The van der Waals surface area contributed by atoms with Crippen LogP contribution >= 0.6 is 0 Å². The van der Waals surface area contributed by atoms with Crippen molar-refractivity contribution in [3.05, 3.63) is 23.9 Å². The van der Waals surface area contributed by atoms with Crippen molar-refractivity contribution in [1.29, 1.82) is 0 Å². The predicted octanol–water partition coefficient (Wildman–Crippen LogP) is 2.96. The lowest BCUT2D eigenvalue weighted by molar-refractivity contribution is 0.242. The third-order valence-corrected chi connectivity index (χ3v) is 4.73. The summed E-state index contributed by atoms with van der Waals surface area (Å²) in [5.41, 5.74) is 1.34. The highest BCUT2D eigenvalue weighted by Crippen LogP contribution is 2.37. The molecule has 1 saturated heterocycles. The monoisotopic (exact) mass is 259 g/mol. The number of anilines is 1. The summed E-state index contributed by atoms with van der Waals surface area (Å²) in [5.74, 6) is 2.11. The van der Waals surface area contributed by atoms with Crippen LogP contribution in [0.3, 0.4) is 0 Å². The molecule has 0 spiro atoms. The molecule has 1 aromatic heterocycles. The SMILES string of the molecule is CNCc1ccnc(N2CCCC3CCCCC32)c1. The Kier molecular flexibility index (Phi) is 4.02. The van der Waals surface area contributed by atoms with Crippen LogP contribution in [0.4, 0.5) is 5.82 Å². The van der Waals surface area contributed by atoms with E-state index in [0.29, 0.717) is 0 Å². The van der Waals surface area contributed by atoms with E-state index < -0.39 is 0 Å². The molecule has 1 saturated carbocycles. The lowest BCUT2D eigenvalue weighted by atomic mass is 9.78. The summed E-state index contributed by atoms with van der Waals surface area (Å²) >= 11 is 0. The molecule has 1 aliphatic carbocycles. The highest BCUT2D eigenvalue weighted by molar-refractivity contribution is 5.43. The van der Waals surface area contributed by atoms with E-state index in [9.17, 15) is 0 Å². The molecule has 1 aliphatic heterocycles. The number of rotatable bonds is 3. The van der Waals surface area contributed by atoms with Gasteiger partial charge in [-0.2, -0.15) is 0 Å². The van der Waals surface area contributed by atoms with Crippen LogP contribution in [0, 0.1) is 5.92 Å². The fourth-order valence-corrected chi connectivity index (χ4v) is 3.84. The zero-order valence-electron chi connectivity index (χ0n) is 11.9. The van der Waals surface area contributed by atoms with E-state index in [1.54, 1.807) is 0 Å². The lowest BCUT2D eigenvalue weighted by Crippen LogP contribution is -2.47. The molecule has 19 heavy (non-hydrogen) atoms. The van der Waals surface area contributed by atoms with Crippen LogP contribution < -0.4 is 10.2 Å². The molecule has 0 amide bonds. The molecule has 3 rings (SSSR count). The number of hydrogen-bond donors (Lipinski definition) is 1. The molecule has 2 fully saturated rings. The van der Waals surface area contributed by atoms with E-state index in [2.05, 4.69) is 27.3 Å². The van der Waals surface area contributed by atoms with Gasteiger partial charge in [0.1, 0.15) is 5.82 Å². The maximum atomic E-state index is 4.63. The molecule has 104 valence electrons. The van der Waals surface area contributed by atoms with Crippen LogP contribution in [0.2, 0.25) is 0 Å². The molecular formula is C16H25N3. The third kappa shape index (κ3) is 2.76. The lowest BCUT2D eigenvalue weighted by Gasteiger charge is -2.44. The molecule has 2 unspecified atom stereocenters. The summed E-state index contributed by atoms with van der Waals surface area (Å²) in [6.45, 7) is 2.12. The average molecular weight is 259 g/mol. The molecule has 0 bridgehead atoms. The molecule has 1 N–H and O–H groups in total. The first kappa shape index (κ1) is 12.9. The van der Waals surface area contributed by atoms with Crippen LogP contribution in [-0.4, -0.2) is 24.6 Å². The molecule has 2 heterocycles. The van der Waals surface area contributed by atoms with Crippen LogP contribution in [0.5, 0.6) is 0 Å². The molecular weight excluding hydrogens is 234 g/mol. The van der Waals surface area contributed by atoms with Gasteiger partial charge in [-0.1, -0.05) is 12.8 Å². The fraction of sp³-hybridized carbons (Fsp3) is 0.688. The Hall–Kier alpha value is -1.09. The van der Waals surface area contributed by atoms with Crippen LogP contribution in [0.15, 0.2) is 18.3 Å². The van der Waals surface area contributed by atoms with Crippen molar-refractivity contribution in [1.82, 2.24) is 10.3 Å². The number of hydrogen-bond acceptors (Lipinski definition) is 3. The van der Waals surface area contributed by atoms with E-state index in [4.69, 9.17) is 0 Å². The first-order chi connectivity index (χ1) is 9.38. The number of aromatic nitrogens is 1. The van der Waals surface area contributed by atoms with Gasteiger partial charge < -0.3 is 10.2 Å². The molecule has 0 aromatic carbocycles. The third-order valence-electron chi connectivity index (χ3n) is 4.73. The van der Waals surface area contributed by atoms with Crippen molar-refractivity contribution in [3.63, 3.8) is 0 Å². The van der Waals surface area contributed by atoms with Crippen LogP contribution in [-0.2, 0) is 6.54 Å². The normalized spacial score (nSPS) is 27.1. The van der Waals surface area contributed by atoms with Gasteiger partial charge in [0.05, 0.1) is 0 Å². The standard InChI is InChI=1S/C16H25N3/c1-17-12-13-8-9-18-16(11-13)19-10-4-6-14-5-2-3-7-15(14)19/h8-9,11,14-15,17H,2-7,10,12H2,1H3. The Morgan fingerprint density at radius 2 is 2.11 bits per heavy atom. The fourth-order valence-electron chi connectivity index (χ4n) is 3.84. The number of fused-ring (bicyclic) bond motifs is 1. The van der Waals surface area contributed by atoms with Gasteiger partial charge in [0.2, 0.25) is 0 Å². The summed E-state index contributed by atoms with van der Waals surface area (Å²) in [4.78, 5) is 7.22. The Labute approximate surface area is 116 Å². The summed E-state index contributed by atoms with van der Waals surface area (Å²) in [5, 5.41) is 3.22. The maximum Gasteiger partial charge on any atom is 0.129 e. The van der Waals surface area contributed by atoms with Gasteiger partial charge in [-0.25, -0.2) is 4.98 Å². The Morgan fingerprint density at radius 1 is 1.26 bits per heavy atom. The van der Waals surface area contributed by atoms with E-state index in [-0.39, 0.29) is 0 Å². The predicted molar refractivity (Wildman–Crippen MR) is 79.3 cm³/mol. The second kappa shape index (κ2) is 5.91. The molecule has 2 atom stereocenters. The van der Waals surface area contributed by atoms with E-state index in [1.165, 1.54) is 56.5 Å². The zero-order valence-corrected chi connectivity index (χ0v) is 11.9. The topological polar surface area (TPSA) is 28.2 Å². The second-order valence-electron chi connectivity index (χ2n) is 6.00. The van der Waals surface area contributed by atoms with Crippen molar-refractivity contribution in [3.8, 4) is 0 Å². The smallest absolute Gasteiger partial charge is 0.129 e. The molecule has 0 radical (unpaired) electrons. The van der Waals surface area contributed by atoms with Crippen LogP contribution in [0.1, 0.15) is 44.1 Å². The van der Waals surface area contributed by atoms with E-state index in [0.717, 1.165) is 18.5 Å². The number of nitrogens with zero attached hydrogens (tertiary/aromatic N) is 2. The minimum absolute atomic E-state index is 0.750. The number of piperidine rings is 1. The molecule has 3 heteroatoms. The Balaban J connectivity index is 1.81. The number of pyridine rings is 1. The molecule has 2 aliphatic rings. The van der Waals surface area contributed by atoms with Gasteiger partial charge in [-0.15, -0.1) is 0 Å². The first-order valence-electron chi connectivity index (χ1n) is 7.74. The van der Waals surface area contributed by atoms with Gasteiger partial charge in [0.25, 0.3) is 0 Å². The summed E-state index contributed by atoms with van der Waals surface area (Å²) in [6, 6.07) is 5.13. The van der Waals surface area contributed by atoms with Gasteiger partial charge in [0.15, 0.2) is 0 Å². The van der Waals surface area contributed by atoms with Gasteiger partial charge in [-0.05, 0) is 56.3 Å². The average Bonchev–Trinajstić information content (AvgIpc) is 2.47. The number of nitrogens with one attached hydrogen (secondary N) is 1. The Bertz CT molecular complexity index is 416. The van der Waals surface area contributed by atoms with Crippen molar-refractivity contribution < 1.29 is 0 Å². The minimum Gasteiger partial charge on any atom is -0.353 e. The maximum absolute atomic E-state index is 4.63. The largest absolute Gasteiger partial charge is 0.353 e. The van der Waals surface area contributed by atoms with Crippen LogP contribution in [0.25, 0.3) is 0 Å². The van der Waals surface area contributed by atoms with E-state index >= 15 is 0 Å². The minimum atomic E-state index is 0.750. The zero-order chi connectivity index (χ0) is 13.1. The summed E-state index contributed by atoms with van der Waals surface area (Å²) in [7, 11) is 2.00. The summed E-state index contributed by atoms with van der Waals surface area (Å²) < 4.78 is 0. The van der Waals surface area contributed by atoms with Gasteiger partial charge in [0, 0.05) is 25.3 Å². The quantitative estimate of drug-likeness (QED) is 0.904. The highest BCUT2D eigenvalue weighted by Gasteiger charge is 2.33. The second-order valence-corrected chi connectivity index (χ2v) is 6.00. The first-order valence-corrected chi connectivity index (χ1v) is 7.74. The molecule has 1 aromatic rings. The van der Waals surface area contributed by atoms with E-state index in [1.807, 2.05) is 13.2 Å². The highest BCUT2D eigenvalue weighted by atomic mass is 15.2. The van der Waals surface area contributed by atoms with Crippen molar-refractivity contribution in [2.24, 2.45) is 5.92 Å². The van der Waals surface area contributed by atoms with Gasteiger partial charge in [-0.3, -0.25) is 0 Å². The van der Waals surface area contributed by atoms with Crippen molar-refractivity contribution >= 4 is 5.82 Å².